The summed E-state index contributed by atoms with van der Waals surface area (Å²) in [5, 5.41) is 31.7. The van der Waals surface area contributed by atoms with E-state index in [2.05, 4.69) is 42.5 Å². The number of aliphatic hydroxyl groups excluding tert-OH is 1. The number of hydrogen-bond acceptors (Lipinski definition) is 12. The summed E-state index contributed by atoms with van der Waals surface area (Å²) < 4.78 is 0. The molecule has 0 unspecified atom stereocenters. The van der Waals surface area contributed by atoms with Gasteiger partial charge in [-0.25, -0.2) is 0 Å². The summed E-state index contributed by atoms with van der Waals surface area (Å²) in [7, 11) is 0. The van der Waals surface area contributed by atoms with Crippen molar-refractivity contribution in [1.82, 2.24) is 42.5 Å². The lowest BCUT2D eigenvalue weighted by atomic mass is 9.99. The number of rotatable bonds is 14. The van der Waals surface area contributed by atoms with Crippen molar-refractivity contribution in [3.05, 3.63) is 71.8 Å². The predicted molar refractivity (Wildman–Crippen MR) is 238 cm³/mol. The molecule has 1 heterocycles. The molecule has 3 rings (SSSR count). The fraction of sp³-hybridized carbons (Fsp3) is 0.545. The normalized spacial score (nSPS) is 24.7. The third kappa shape index (κ3) is 16.6. The van der Waals surface area contributed by atoms with Crippen molar-refractivity contribution in [3.63, 3.8) is 0 Å². The van der Waals surface area contributed by atoms with Gasteiger partial charge in [-0.1, -0.05) is 74.5 Å². The van der Waals surface area contributed by atoms with Crippen LogP contribution in [0, 0.1) is 5.92 Å². The standard InChI is InChI=1S/C44H67N11O9/c1-25(2)23-34-42(62)52-30(15-19-45)38(58)51-32(17-21-47)41(61)55-36(27(4)56)44(64)48-22-18-33(49-37(57)26(3)29-13-9-6-10-14-29)40(60)50-31(16-20-46)39(59)54-35(43(63)53-34)24-28-11-7-5-8-12-28/h5-14,25-27,30-36,56H,15-24,45-47H2,1-4H3,(H,48,64)(H,49,57)(H,50,60)(H,51,58)(H,52,62)(H,53,63)(H,54,59)(H,55,61)/t26-,27-,30+,31+,32+,33+,34+,35-,36+/m1/s1. The SMILES string of the molecule is CC(C)C[C@@H]1NC(=O)[C@@H](Cc2ccccc2)NC(=O)[C@H](CCN)NC(=O)[C@@H](NC(=O)[C@H](C)c2ccccc2)CCNC(=O)[C@H]([C@@H](C)O)NC(=O)[C@H](CCN)NC(=O)[C@H](CCN)NC1=O. The van der Waals surface area contributed by atoms with E-state index in [1.807, 2.05) is 13.8 Å². The number of amides is 8. The molecule has 0 radical (unpaired) electrons. The van der Waals surface area contributed by atoms with Gasteiger partial charge < -0.3 is 64.8 Å². The van der Waals surface area contributed by atoms with Crippen LogP contribution in [0.2, 0.25) is 0 Å². The lowest BCUT2D eigenvalue weighted by Gasteiger charge is -2.28. The number of aliphatic hydroxyl groups is 1. The monoisotopic (exact) mass is 894 g/mol. The van der Waals surface area contributed by atoms with Gasteiger partial charge in [0.15, 0.2) is 0 Å². The van der Waals surface area contributed by atoms with Gasteiger partial charge in [0.1, 0.15) is 42.3 Å². The lowest BCUT2D eigenvalue weighted by Crippen LogP contribution is -2.61. The zero-order chi connectivity index (χ0) is 47.3. The number of hydrogen-bond donors (Lipinski definition) is 12. The number of nitrogens with one attached hydrogen (secondary N) is 8. The predicted octanol–water partition coefficient (Wildman–Crippen LogP) is -2.58. The van der Waals surface area contributed by atoms with Crippen molar-refractivity contribution in [1.29, 1.82) is 0 Å². The van der Waals surface area contributed by atoms with Crippen LogP contribution in [0.3, 0.4) is 0 Å². The van der Waals surface area contributed by atoms with Gasteiger partial charge in [-0.2, -0.15) is 0 Å². The minimum absolute atomic E-state index is 0.0241. The highest BCUT2D eigenvalue weighted by atomic mass is 16.3. The van der Waals surface area contributed by atoms with E-state index in [9.17, 15) is 43.5 Å². The maximum Gasteiger partial charge on any atom is 0.245 e. The number of nitrogens with two attached hydrogens (primary N) is 3. The van der Waals surface area contributed by atoms with Crippen LogP contribution in [0.25, 0.3) is 0 Å². The Kier molecular flexibility index (Phi) is 21.8. The maximum atomic E-state index is 14.2. The minimum Gasteiger partial charge on any atom is -0.391 e. The second-order valence-electron chi connectivity index (χ2n) is 16.4. The Morgan fingerprint density at radius 3 is 1.55 bits per heavy atom. The summed E-state index contributed by atoms with van der Waals surface area (Å²) in [6.45, 7) is 6.10. The Hall–Kier alpha value is -5.96. The van der Waals surface area contributed by atoms with E-state index in [1.165, 1.54) is 6.92 Å². The van der Waals surface area contributed by atoms with Crippen molar-refractivity contribution in [2.75, 3.05) is 26.2 Å². The first kappa shape index (κ1) is 52.4. The molecule has 1 saturated heterocycles. The Bertz CT molecular complexity index is 1870. The summed E-state index contributed by atoms with van der Waals surface area (Å²) in [5.74, 6) is -6.99. The molecule has 2 aromatic carbocycles. The molecule has 0 aromatic heterocycles. The third-order valence-electron chi connectivity index (χ3n) is 10.6. The summed E-state index contributed by atoms with van der Waals surface area (Å²) in [4.78, 5) is 111. The molecule has 0 aliphatic carbocycles. The molecule has 1 aliphatic heterocycles. The highest BCUT2D eigenvalue weighted by Gasteiger charge is 2.35. The van der Waals surface area contributed by atoms with Crippen LogP contribution < -0.4 is 59.7 Å². The number of carbonyl (C=O) groups is 8. The quantitative estimate of drug-likeness (QED) is 0.0931. The van der Waals surface area contributed by atoms with Crippen LogP contribution in [0.5, 0.6) is 0 Å². The van der Waals surface area contributed by atoms with Gasteiger partial charge in [0.25, 0.3) is 0 Å². The van der Waals surface area contributed by atoms with Crippen LogP contribution in [-0.2, 0) is 44.8 Å². The molecular weight excluding hydrogens is 827 g/mol. The van der Waals surface area contributed by atoms with Gasteiger partial charge in [-0.05, 0) is 82.6 Å². The van der Waals surface area contributed by atoms with Gasteiger partial charge in [0.2, 0.25) is 47.3 Å². The van der Waals surface area contributed by atoms with Crippen molar-refractivity contribution in [3.8, 4) is 0 Å². The van der Waals surface area contributed by atoms with Gasteiger partial charge in [0.05, 0.1) is 12.0 Å². The molecule has 2 aromatic rings. The first-order valence-corrected chi connectivity index (χ1v) is 21.8. The highest BCUT2D eigenvalue weighted by Crippen LogP contribution is 2.16. The average Bonchev–Trinajstić information content (AvgIpc) is 3.26. The Labute approximate surface area is 374 Å². The third-order valence-corrected chi connectivity index (χ3v) is 10.6. The fourth-order valence-electron chi connectivity index (χ4n) is 7.00. The Morgan fingerprint density at radius 2 is 1.05 bits per heavy atom. The average molecular weight is 894 g/mol. The smallest absolute Gasteiger partial charge is 0.245 e. The molecule has 20 nitrogen and oxygen atoms in total. The van der Waals surface area contributed by atoms with Crippen LogP contribution in [0.4, 0.5) is 0 Å². The molecule has 9 atom stereocenters. The summed E-state index contributed by atoms with van der Waals surface area (Å²) >= 11 is 0. The van der Waals surface area contributed by atoms with Crippen molar-refractivity contribution in [2.45, 2.75) is 121 Å². The number of carbonyl (C=O) groups excluding carboxylic acids is 8. The first-order valence-electron chi connectivity index (χ1n) is 21.8. The first-order chi connectivity index (χ1) is 30.5. The second kappa shape index (κ2) is 26.6. The topological polar surface area (TPSA) is 331 Å². The molecule has 0 saturated carbocycles. The summed E-state index contributed by atoms with van der Waals surface area (Å²) in [5.41, 5.74) is 18.9. The van der Waals surface area contributed by atoms with Gasteiger partial charge in [0, 0.05) is 13.0 Å². The largest absolute Gasteiger partial charge is 0.391 e. The van der Waals surface area contributed by atoms with E-state index in [0.717, 1.165) is 0 Å². The van der Waals surface area contributed by atoms with Gasteiger partial charge in [-0.3, -0.25) is 38.4 Å². The summed E-state index contributed by atoms with van der Waals surface area (Å²) in [6, 6.07) is 8.30. The second-order valence-corrected chi connectivity index (χ2v) is 16.4. The molecule has 1 aliphatic rings. The van der Waals surface area contributed by atoms with Gasteiger partial charge >= 0.3 is 0 Å². The molecule has 352 valence electrons. The van der Waals surface area contributed by atoms with E-state index in [4.69, 9.17) is 17.2 Å². The molecule has 8 amide bonds. The zero-order valence-corrected chi connectivity index (χ0v) is 37.1. The molecule has 0 bridgehead atoms. The molecule has 1 fully saturated rings. The highest BCUT2D eigenvalue weighted by molar-refractivity contribution is 5.98. The van der Waals surface area contributed by atoms with E-state index in [0.29, 0.717) is 11.1 Å². The van der Waals surface area contributed by atoms with E-state index < -0.39 is 102 Å². The van der Waals surface area contributed by atoms with Crippen LogP contribution in [0.15, 0.2) is 60.7 Å². The Morgan fingerprint density at radius 1 is 0.609 bits per heavy atom. The van der Waals surface area contributed by atoms with Gasteiger partial charge in [-0.15, -0.1) is 0 Å². The molecular formula is C44H67N11O9. The van der Waals surface area contributed by atoms with Crippen LogP contribution in [-0.4, -0.2) is 127 Å². The van der Waals surface area contributed by atoms with Crippen molar-refractivity contribution >= 4 is 47.3 Å². The van der Waals surface area contributed by atoms with Crippen LogP contribution in [0.1, 0.15) is 76.8 Å². The van der Waals surface area contributed by atoms with Crippen molar-refractivity contribution < 1.29 is 43.5 Å². The lowest BCUT2D eigenvalue weighted by molar-refractivity contribution is -0.136. The van der Waals surface area contributed by atoms with E-state index in [1.54, 1.807) is 67.6 Å². The molecule has 20 heteroatoms. The molecule has 64 heavy (non-hydrogen) atoms. The minimum atomic E-state index is -1.55. The fourth-order valence-corrected chi connectivity index (χ4v) is 7.00. The summed E-state index contributed by atoms with van der Waals surface area (Å²) in [6.07, 6.45) is -1.82. The Balaban J connectivity index is 2.11. The molecule has 15 N–H and O–H groups in total. The van der Waals surface area contributed by atoms with Crippen molar-refractivity contribution in [2.24, 2.45) is 23.1 Å². The van der Waals surface area contributed by atoms with E-state index >= 15 is 0 Å². The van der Waals surface area contributed by atoms with E-state index in [-0.39, 0.29) is 70.6 Å². The number of benzene rings is 2. The zero-order valence-electron chi connectivity index (χ0n) is 37.1. The maximum absolute atomic E-state index is 14.2. The van der Waals surface area contributed by atoms with Crippen LogP contribution >= 0.6 is 0 Å². The molecule has 0 spiro atoms.